The van der Waals surface area contributed by atoms with Gasteiger partial charge in [0.1, 0.15) is 5.82 Å². The number of carbonyl (C=O) groups excluding carboxylic acids is 3. The molecule has 1 N–H and O–H groups in total. The summed E-state index contributed by atoms with van der Waals surface area (Å²) in [5.41, 5.74) is 2.03. The average molecular weight is 412 g/mol. The van der Waals surface area contributed by atoms with Crippen molar-refractivity contribution in [3.8, 4) is 0 Å². The predicted octanol–water partition coefficient (Wildman–Crippen LogP) is 2.12. The summed E-state index contributed by atoms with van der Waals surface area (Å²) < 4.78 is 18.0. The largest absolute Gasteiger partial charge is 0.455 e. The molecule has 0 unspecified atom stereocenters. The lowest BCUT2D eigenvalue weighted by Gasteiger charge is -2.16. The van der Waals surface area contributed by atoms with Crippen molar-refractivity contribution in [1.82, 2.24) is 10.2 Å². The molecule has 0 aliphatic carbocycles. The van der Waals surface area contributed by atoms with Crippen LogP contribution in [0.1, 0.15) is 17.5 Å². The fraction of sp³-hybridized carbons (Fsp3) is 0.348. The Morgan fingerprint density at radius 2 is 1.73 bits per heavy atom. The first-order valence-corrected chi connectivity index (χ1v) is 10.0. The molecule has 1 heterocycles. The highest BCUT2D eigenvalue weighted by atomic mass is 19.1. The zero-order valence-corrected chi connectivity index (χ0v) is 16.7. The molecule has 0 radical (unpaired) electrons. The van der Waals surface area contributed by atoms with E-state index >= 15 is 0 Å². The van der Waals surface area contributed by atoms with Crippen molar-refractivity contribution in [2.45, 2.75) is 19.3 Å². The zero-order chi connectivity index (χ0) is 21.3. The fourth-order valence-corrected chi connectivity index (χ4v) is 3.36. The van der Waals surface area contributed by atoms with Crippen LogP contribution in [0.25, 0.3) is 0 Å². The van der Waals surface area contributed by atoms with Gasteiger partial charge in [0, 0.05) is 26.1 Å². The highest BCUT2D eigenvalue weighted by molar-refractivity contribution is 5.88. The molecule has 1 saturated heterocycles. The molecule has 1 atom stereocenters. The van der Waals surface area contributed by atoms with Gasteiger partial charge < -0.3 is 15.0 Å². The van der Waals surface area contributed by atoms with E-state index in [4.69, 9.17) is 4.74 Å². The maximum Gasteiger partial charge on any atom is 0.311 e. The Labute approximate surface area is 175 Å². The van der Waals surface area contributed by atoms with Crippen molar-refractivity contribution >= 4 is 17.8 Å². The molecule has 0 spiro atoms. The van der Waals surface area contributed by atoms with Gasteiger partial charge in [-0.2, -0.15) is 0 Å². The minimum absolute atomic E-state index is 0.0726. The molecule has 30 heavy (non-hydrogen) atoms. The van der Waals surface area contributed by atoms with E-state index in [9.17, 15) is 18.8 Å². The van der Waals surface area contributed by atoms with Crippen LogP contribution in [0.4, 0.5) is 4.39 Å². The van der Waals surface area contributed by atoms with Gasteiger partial charge in [0.25, 0.3) is 5.91 Å². The van der Waals surface area contributed by atoms with Crippen LogP contribution in [0.2, 0.25) is 0 Å². The normalized spacial score (nSPS) is 15.8. The van der Waals surface area contributed by atoms with E-state index in [1.807, 2.05) is 30.3 Å². The number of rotatable bonds is 9. The number of hydrogen-bond donors (Lipinski definition) is 1. The maximum atomic E-state index is 12.9. The summed E-state index contributed by atoms with van der Waals surface area (Å²) in [5.74, 6) is -1.86. The molecular formula is C23H25FN2O4. The van der Waals surface area contributed by atoms with Gasteiger partial charge in [0.05, 0.1) is 5.92 Å². The monoisotopic (exact) mass is 412 g/mol. The van der Waals surface area contributed by atoms with Crippen molar-refractivity contribution in [3.05, 3.63) is 71.5 Å². The first kappa shape index (κ1) is 21.5. The first-order valence-electron chi connectivity index (χ1n) is 10.0. The molecule has 0 bridgehead atoms. The minimum atomic E-state index is -0.541. The number of hydrogen-bond acceptors (Lipinski definition) is 4. The van der Waals surface area contributed by atoms with Crippen LogP contribution in [-0.2, 0) is 32.0 Å². The Kier molecular flexibility index (Phi) is 7.54. The number of amides is 2. The van der Waals surface area contributed by atoms with Gasteiger partial charge in [0.15, 0.2) is 6.61 Å². The predicted molar refractivity (Wildman–Crippen MR) is 109 cm³/mol. The number of nitrogens with one attached hydrogen (secondary N) is 1. The summed E-state index contributed by atoms with van der Waals surface area (Å²) >= 11 is 0. The minimum Gasteiger partial charge on any atom is -0.455 e. The van der Waals surface area contributed by atoms with Gasteiger partial charge in [-0.25, -0.2) is 4.39 Å². The van der Waals surface area contributed by atoms with E-state index in [1.54, 1.807) is 17.0 Å². The SMILES string of the molecule is O=C(COC(=O)[C@H]1CC(=O)N(CCc2ccccc2)C1)NCCc1ccc(F)cc1. The second-order valence-corrected chi connectivity index (χ2v) is 7.31. The quantitative estimate of drug-likeness (QED) is 0.640. The first-order chi connectivity index (χ1) is 14.5. The molecular weight excluding hydrogens is 387 g/mol. The number of benzene rings is 2. The van der Waals surface area contributed by atoms with Crippen molar-refractivity contribution in [2.75, 3.05) is 26.2 Å². The lowest BCUT2D eigenvalue weighted by molar-refractivity contribution is -0.152. The van der Waals surface area contributed by atoms with Gasteiger partial charge >= 0.3 is 5.97 Å². The molecule has 6 nitrogen and oxygen atoms in total. The summed E-state index contributed by atoms with van der Waals surface area (Å²) in [5, 5.41) is 2.66. The van der Waals surface area contributed by atoms with E-state index in [1.165, 1.54) is 12.1 Å². The fourth-order valence-electron chi connectivity index (χ4n) is 3.36. The molecule has 7 heteroatoms. The van der Waals surface area contributed by atoms with E-state index in [2.05, 4.69) is 5.32 Å². The molecule has 2 aromatic rings. The van der Waals surface area contributed by atoms with Crippen LogP contribution < -0.4 is 5.32 Å². The maximum absolute atomic E-state index is 12.9. The second kappa shape index (κ2) is 10.5. The Balaban J connectivity index is 1.34. The van der Waals surface area contributed by atoms with Gasteiger partial charge in [-0.15, -0.1) is 0 Å². The van der Waals surface area contributed by atoms with Crippen molar-refractivity contribution in [1.29, 1.82) is 0 Å². The van der Waals surface area contributed by atoms with E-state index in [0.29, 0.717) is 26.1 Å². The molecule has 158 valence electrons. The Morgan fingerprint density at radius 1 is 1.03 bits per heavy atom. The summed E-state index contributed by atoms with van der Waals surface area (Å²) in [6.45, 7) is 0.849. The zero-order valence-electron chi connectivity index (χ0n) is 16.7. The standard InChI is InChI=1S/C23H25FN2O4/c24-20-8-6-18(7-9-20)10-12-25-21(27)16-30-23(29)19-14-22(28)26(15-19)13-11-17-4-2-1-3-5-17/h1-9,19H,10-16H2,(H,25,27)/t19-/m0/s1. The summed E-state index contributed by atoms with van der Waals surface area (Å²) in [6, 6.07) is 15.9. The van der Waals surface area contributed by atoms with Gasteiger partial charge in [-0.1, -0.05) is 42.5 Å². The number of nitrogens with zero attached hydrogens (tertiary/aromatic N) is 1. The van der Waals surface area contributed by atoms with Crippen LogP contribution in [0, 0.1) is 11.7 Å². The lowest BCUT2D eigenvalue weighted by Crippen LogP contribution is -2.32. The number of esters is 1. The smallest absolute Gasteiger partial charge is 0.311 e. The van der Waals surface area contributed by atoms with Crippen LogP contribution in [-0.4, -0.2) is 48.9 Å². The number of halogens is 1. The summed E-state index contributed by atoms with van der Waals surface area (Å²) in [6.07, 6.45) is 1.39. The summed E-state index contributed by atoms with van der Waals surface area (Å²) in [4.78, 5) is 37.9. The Bertz CT molecular complexity index is 871. The van der Waals surface area contributed by atoms with E-state index in [0.717, 1.165) is 17.5 Å². The van der Waals surface area contributed by atoms with E-state index < -0.39 is 17.8 Å². The molecule has 2 aromatic carbocycles. The second-order valence-electron chi connectivity index (χ2n) is 7.31. The third-order valence-corrected chi connectivity index (χ3v) is 5.06. The van der Waals surface area contributed by atoms with Gasteiger partial charge in [-0.05, 0) is 36.1 Å². The molecule has 1 aliphatic rings. The third-order valence-electron chi connectivity index (χ3n) is 5.06. The van der Waals surface area contributed by atoms with Crippen molar-refractivity contribution < 1.29 is 23.5 Å². The Hall–Kier alpha value is -3.22. The lowest BCUT2D eigenvalue weighted by atomic mass is 10.1. The molecule has 1 aliphatic heterocycles. The van der Waals surface area contributed by atoms with Crippen LogP contribution in [0.5, 0.6) is 0 Å². The van der Waals surface area contributed by atoms with Crippen LogP contribution in [0.3, 0.4) is 0 Å². The average Bonchev–Trinajstić information content (AvgIpc) is 3.13. The molecule has 1 fully saturated rings. The number of ether oxygens (including phenoxy) is 1. The van der Waals surface area contributed by atoms with Crippen molar-refractivity contribution in [2.24, 2.45) is 5.92 Å². The number of likely N-dealkylation sites (tertiary alicyclic amines) is 1. The van der Waals surface area contributed by atoms with E-state index in [-0.39, 0.29) is 24.8 Å². The highest BCUT2D eigenvalue weighted by Gasteiger charge is 2.35. The molecule has 2 amide bonds. The number of carbonyl (C=O) groups is 3. The van der Waals surface area contributed by atoms with Crippen LogP contribution >= 0.6 is 0 Å². The molecule has 0 aromatic heterocycles. The molecule has 3 rings (SSSR count). The van der Waals surface area contributed by atoms with Gasteiger partial charge in [0.2, 0.25) is 5.91 Å². The highest BCUT2D eigenvalue weighted by Crippen LogP contribution is 2.19. The summed E-state index contributed by atoms with van der Waals surface area (Å²) in [7, 11) is 0. The van der Waals surface area contributed by atoms with Crippen molar-refractivity contribution in [3.63, 3.8) is 0 Å². The topological polar surface area (TPSA) is 75.7 Å². The third kappa shape index (κ3) is 6.40. The molecule has 0 saturated carbocycles. The Morgan fingerprint density at radius 3 is 2.47 bits per heavy atom. The van der Waals surface area contributed by atoms with Gasteiger partial charge in [-0.3, -0.25) is 14.4 Å². The van der Waals surface area contributed by atoms with Crippen LogP contribution in [0.15, 0.2) is 54.6 Å².